The molecular formula is C21H18F2N7O2S-. The van der Waals surface area contributed by atoms with Crippen molar-refractivity contribution < 1.29 is 19.0 Å². The van der Waals surface area contributed by atoms with Gasteiger partial charge in [0.05, 0.1) is 30.2 Å². The molecule has 0 radical (unpaired) electrons. The van der Waals surface area contributed by atoms with Gasteiger partial charge in [-0.25, -0.2) is 14.4 Å². The van der Waals surface area contributed by atoms with E-state index in [2.05, 4.69) is 30.3 Å². The molecule has 0 bridgehead atoms. The van der Waals surface area contributed by atoms with Gasteiger partial charge in [-0.1, -0.05) is 0 Å². The summed E-state index contributed by atoms with van der Waals surface area (Å²) in [6, 6.07) is 1.80. The number of hydrogen-bond acceptors (Lipinski definition) is 8. The highest BCUT2D eigenvalue weighted by Gasteiger charge is 2.25. The third-order valence-corrected chi connectivity index (χ3v) is 6.37. The van der Waals surface area contributed by atoms with Gasteiger partial charge in [-0.15, -0.1) is 11.3 Å². The lowest BCUT2D eigenvalue weighted by molar-refractivity contribution is -0.213. The van der Waals surface area contributed by atoms with E-state index in [1.54, 1.807) is 22.5 Å². The zero-order valence-corrected chi connectivity index (χ0v) is 18.0. The summed E-state index contributed by atoms with van der Waals surface area (Å²) in [5.41, 5.74) is 0.563. The SMILES string of the molecule is [O-]C(=Nc1cn(C2CCC(O)CC2)nc1-c1nc(F)ccc1F)c1csc(-c2cn[nH]c2)n1. The van der Waals surface area contributed by atoms with Gasteiger partial charge in [-0.05, 0) is 37.8 Å². The molecule has 4 heterocycles. The molecule has 0 atom stereocenters. The van der Waals surface area contributed by atoms with Crippen molar-refractivity contribution in [3.05, 3.63) is 53.6 Å². The van der Waals surface area contributed by atoms with Gasteiger partial charge in [0, 0.05) is 23.0 Å². The molecule has 12 heteroatoms. The van der Waals surface area contributed by atoms with Gasteiger partial charge in [0.15, 0.2) is 5.82 Å². The van der Waals surface area contributed by atoms with Crippen molar-refractivity contribution in [3.63, 3.8) is 0 Å². The number of aliphatic imine (C=N–C) groups is 1. The van der Waals surface area contributed by atoms with E-state index in [-0.39, 0.29) is 34.9 Å². The van der Waals surface area contributed by atoms with E-state index >= 15 is 0 Å². The molecule has 5 rings (SSSR count). The van der Waals surface area contributed by atoms with Crippen molar-refractivity contribution in [1.82, 2.24) is 29.9 Å². The van der Waals surface area contributed by atoms with Gasteiger partial charge in [0.25, 0.3) is 0 Å². The Bertz CT molecular complexity index is 1290. The summed E-state index contributed by atoms with van der Waals surface area (Å²) in [7, 11) is 0. The largest absolute Gasteiger partial charge is 0.857 e. The molecule has 9 nitrogen and oxygen atoms in total. The predicted octanol–water partition coefficient (Wildman–Crippen LogP) is 2.98. The highest BCUT2D eigenvalue weighted by atomic mass is 32.1. The molecule has 0 saturated heterocycles. The number of rotatable bonds is 5. The van der Waals surface area contributed by atoms with Crippen LogP contribution in [0.15, 0.2) is 41.1 Å². The van der Waals surface area contributed by atoms with Gasteiger partial charge in [0.1, 0.15) is 22.1 Å². The summed E-state index contributed by atoms with van der Waals surface area (Å²) < 4.78 is 29.9. The lowest BCUT2D eigenvalue weighted by Gasteiger charge is -2.25. The third kappa shape index (κ3) is 4.39. The molecule has 0 amide bonds. The lowest BCUT2D eigenvalue weighted by atomic mass is 9.93. The topological polar surface area (TPSA) is 128 Å². The van der Waals surface area contributed by atoms with Crippen LogP contribution in [0.5, 0.6) is 0 Å². The van der Waals surface area contributed by atoms with Crippen LogP contribution in [0.3, 0.4) is 0 Å². The highest BCUT2D eigenvalue weighted by molar-refractivity contribution is 7.13. The van der Waals surface area contributed by atoms with Crippen molar-refractivity contribution in [1.29, 1.82) is 0 Å². The summed E-state index contributed by atoms with van der Waals surface area (Å²) in [5.74, 6) is -2.29. The molecular weight excluding hydrogens is 452 g/mol. The summed E-state index contributed by atoms with van der Waals surface area (Å²) in [4.78, 5) is 12.1. The molecule has 4 aromatic rings. The van der Waals surface area contributed by atoms with E-state index in [1.807, 2.05) is 0 Å². The fourth-order valence-electron chi connectivity index (χ4n) is 3.77. The average Bonchev–Trinajstić information content (AvgIpc) is 3.56. The number of aliphatic hydroxyl groups excluding tert-OH is 1. The first-order valence-corrected chi connectivity index (χ1v) is 11.2. The summed E-state index contributed by atoms with van der Waals surface area (Å²) in [6.07, 6.45) is 6.95. The number of nitrogens with zero attached hydrogens (tertiary/aromatic N) is 6. The van der Waals surface area contributed by atoms with E-state index in [0.29, 0.717) is 30.7 Å². The zero-order chi connectivity index (χ0) is 22.9. The monoisotopic (exact) mass is 470 g/mol. The first-order valence-electron chi connectivity index (χ1n) is 10.3. The minimum absolute atomic E-state index is 0.0308. The molecule has 2 N–H and O–H groups in total. The Labute approximate surface area is 190 Å². The molecule has 1 fully saturated rings. The molecule has 0 aliphatic heterocycles. The van der Waals surface area contributed by atoms with Crippen LogP contribution in [-0.2, 0) is 0 Å². The second kappa shape index (κ2) is 8.79. The van der Waals surface area contributed by atoms with Crippen LogP contribution in [0.2, 0.25) is 0 Å². The van der Waals surface area contributed by atoms with Crippen LogP contribution in [0.25, 0.3) is 22.0 Å². The molecule has 33 heavy (non-hydrogen) atoms. The Hall–Kier alpha value is -3.51. The van der Waals surface area contributed by atoms with E-state index < -0.39 is 17.7 Å². The van der Waals surface area contributed by atoms with Crippen LogP contribution in [0, 0.1) is 11.8 Å². The second-order valence-electron chi connectivity index (χ2n) is 7.71. The average molecular weight is 470 g/mol. The van der Waals surface area contributed by atoms with Crippen molar-refractivity contribution in [2.24, 2.45) is 4.99 Å². The smallest absolute Gasteiger partial charge is 0.213 e. The minimum Gasteiger partial charge on any atom is -0.857 e. The van der Waals surface area contributed by atoms with Gasteiger partial charge >= 0.3 is 0 Å². The van der Waals surface area contributed by atoms with Gasteiger partial charge < -0.3 is 10.2 Å². The fourth-order valence-corrected chi connectivity index (χ4v) is 4.54. The number of thiazole rings is 1. The Morgan fingerprint density at radius 2 is 2.00 bits per heavy atom. The first-order chi connectivity index (χ1) is 16.0. The molecule has 1 aliphatic rings. The normalized spacial score (nSPS) is 19.2. The number of hydrogen-bond donors (Lipinski definition) is 2. The third-order valence-electron chi connectivity index (χ3n) is 5.48. The quantitative estimate of drug-likeness (QED) is 0.262. The van der Waals surface area contributed by atoms with Crippen LogP contribution < -0.4 is 5.11 Å². The number of aromatic nitrogens is 6. The number of halogens is 2. The molecule has 0 aromatic carbocycles. The van der Waals surface area contributed by atoms with Gasteiger partial charge in [-0.3, -0.25) is 14.8 Å². The summed E-state index contributed by atoms with van der Waals surface area (Å²) in [5, 5.41) is 35.8. The summed E-state index contributed by atoms with van der Waals surface area (Å²) >= 11 is 1.26. The maximum absolute atomic E-state index is 14.5. The maximum Gasteiger partial charge on any atom is 0.213 e. The van der Waals surface area contributed by atoms with Crippen molar-refractivity contribution in [2.45, 2.75) is 37.8 Å². The molecule has 0 unspecified atom stereocenters. The lowest BCUT2D eigenvalue weighted by Crippen LogP contribution is -2.21. The van der Waals surface area contributed by atoms with Crippen LogP contribution in [0.1, 0.15) is 37.4 Å². The van der Waals surface area contributed by atoms with E-state index in [4.69, 9.17) is 0 Å². The van der Waals surface area contributed by atoms with Crippen LogP contribution in [0.4, 0.5) is 14.5 Å². The number of H-pyrrole nitrogens is 1. The number of pyridine rings is 1. The molecule has 1 aliphatic carbocycles. The number of aromatic amines is 1. The van der Waals surface area contributed by atoms with E-state index in [0.717, 1.165) is 17.7 Å². The van der Waals surface area contributed by atoms with Gasteiger partial charge in [-0.2, -0.15) is 14.6 Å². The Morgan fingerprint density at radius 3 is 2.76 bits per heavy atom. The van der Waals surface area contributed by atoms with Crippen molar-refractivity contribution >= 4 is 22.9 Å². The van der Waals surface area contributed by atoms with Gasteiger partial charge in [0.2, 0.25) is 5.95 Å². The minimum atomic E-state index is -0.872. The predicted molar refractivity (Wildman–Crippen MR) is 115 cm³/mol. The molecule has 0 spiro atoms. The Morgan fingerprint density at radius 1 is 1.18 bits per heavy atom. The van der Waals surface area contributed by atoms with Crippen molar-refractivity contribution in [2.75, 3.05) is 0 Å². The maximum atomic E-state index is 14.5. The summed E-state index contributed by atoms with van der Waals surface area (Å²) in [6.45, 7) is 0. The second-order valence-corrected chi connectivity index (χ2v) is 8.57. The molecule has 1 saturated carbocycles. The number of nitrogens with one attached hydrogen (secondary N) is 1. The molecule has 170 valence electrons. The van der Waals surface area contributed by atoms with Crippen molar-refractivity contribution in [3.8, 4) is 22.0 Å². The number of aliphatic hydroxyl groups is 1. The Balaban J connectivity index is 1.54. The Kier molecular flexibility index (Phi) is 5.68. The molecule has 4 aromatic heterocycles. The van der Waals surface area contributed by atoms with E-state index in [1.165, 1.54) is 17.5 Å². The van der Waals surface area contributed by atoms with Crippen LogP contribution in [-0.4, -0.2) is 47.1 Å². The highest BCUT2D eigenvalue weighted by Crippen LogP contribution is 2.35. The zero-order valence-electron chi connectivity index (χ0n) is 17.2. The fraction of sp³-hybridized carbons (Fsp3) is 0.286. The van der Waals surface area contributed by atoms with Crippen LogP contribution >= 0.6 is 11.3 Å². The van der Waals surface area contributed by atoms with E-state index in [9.17, 15) is 19.0 Å². The first kappa shape index (κ1) is 21.3. The standard InChI is InChI=1S/C21H19F2N7O2S/c22-14-5-6-17(23)28-18(14)19-15(9-30(29-19)12-1-3-13(31)4-2-12)26-20(32)16-10-33-21(27-16)11-7-24-25-8-11/h5-10,12-13,31H,1-4H2,(H,24,25)(H,26,32)/p-1.